The zero-order valence-electron chi connectivity index (χ0n) is 10.8. The van der Waals surface area contributed by atoms with Crippen LogP contribution in [0.25, 0.3) is 0 Å². The summed E-state index contributed by atoms with van der Waals surface area (Å²) < 4.78 is 35.6. The van der Waals surface area contributed by atoms with Crippen LogP contribution in [0.15, 0.2) is 23.1 Å². The highest BCUT2D eigenvalue weighted by Crippen LogP contribution is 2.19. The number of benzene rings is 1. The Morgan fingerprint density at radius 1 is 1.47 bits per heavy atom. The van der Waals surface area contributed by atoms with Crippen molar-refractivity contribution in [2.24, 2.45) is 11.1 Å². The van der Waals surface area contributed by atoms with E-state index in [0.29, 0.717) is 0 Å². The summed E-state index contributed by atoms with van der Waals surface area (Å²) in [4.78, 5) is 11.1. The third-order valence-electron chi connectivity index (χ3n) is 2.68. The number of carbonyl (C=O) groups is 1. The van der Waals surface area contributed by atoms with Gasteiger partial charge in [-0.05, 0) is 24.6 Å². The number of hydrogen-bond acceptors (Lipinski definition) is 3. The molecule has 0 bridgehead atoms. The zero-order valence-corrected chi connectivity index (χ0v) is 11.6. The Labute approximate surface area is 112 Å². The maximum Gasteiger partial charge on any atom is 0.240 e. The lowest BCUT2D eigenvalue weighted by Crippen LogP contribution is -2.20. The molecule has 0 aliphatic rings. The van der Waals surface area contributed by atoms with E-state index >= 15 is 0 Å². The highest BCUT2D eigenvalue weighted by atomic mass is 32.2. The van der Waals surface area contributed by atoms with Crippen LogP contribution in [0.5, 0.6) is 0 Å². The molecule has 0 saturated carbocycles. The number of amides is 1. The van der Waals surface area contributed by atoms with Gasteiger partial charge in [-0.2, -0.15) is 0 Å². The van der Waals surface area contributed by atoms with Crippen molar-refractivity contribution in [3.63, 3.8) is 0 Å². The predicted octanol–water partition coefficient (Wildman–Crippen LogP) is 1.85. The van der Waals surface area contributed by atoms with Crippen LogP contribution in [-0.2, 0) is 14.8 Å². The van der Waals surface area contributed by atoms with Crippen LogP contribution in [-0.4, -0.2) is 14.3 Å². The first kappa shape index (κ1) is 15.6. The molecule has 1 aromatic rings. The van der Waals surface area contributed by atoms with Crippen molar-refractivity contribution in [1.82, 2.24) is 0 Å². The Hall–Kier alpha value is -1.47. The van der Waals surface area contributed by atoms with Gasteiger partial charge in [0, 0.05) is 11.6 Å². The van der Waals surface area contributed by atoms with Gasteiger partial charge in [0.05, 0.1) is 0 Å². The van der Waals surface area contributed by atoms with Crippen molar-refractivity contribution in [2.75, 3.05) is 5.32 Å². The SMILES string of the molecule is CCCC(C)C(=O)Nc1ccc(S(N)(=O)=O)c(F)c1. The molecule has 0 aliphatic carbocycles. The fourth-order valence-electron chi connectivity index (χ4n) is 1.64. The average Bonchev–Trinajstić information content (AvgIpc) is 2.27. The van der Waals surface area contributed by atoms with Crippen LogP contribution in [0, 0.1) is 11.7 Å². The number of carbonyl (C=O) groups excluding carboxylic acids is 1. The van der Waals surface area contributed by atoms with Crippen LogP contribution in [0.2, 0.25) is 0 Å². The summed E-state index contributed by atoms with van der Waals surface area (Å²) in [6.07, 6.45) is 1.59. The molecule has 1 atom stereocenters. The minimum absolute atomic E-state index is 0.189. The largest absolute Gasteiger partial charge is 0.326 e. The molecule has 5 nitrogen and oxygen atoms in total. The van der Waals surface area contributed by atoms with Gasteiger partial charge in [0.15, 0.2) is 0 Å². The Morgan fingerprint density at radius 3 is 2.58 bits per heavy atom. The number of rotatable bonds is 5. The van der Waals surface area contributed by atoms with Gasteiger partial charge in [0.1, 0.15) is 10.7 Å². The van der Waals surface area contributed by atoms with Crippen molar-refractivity contribution < 1.29 is 17.6 Å². The molecule has 0 aliphatic heterocycles. The van der Waals surface area contributed by atoms with Crippen LogP contribution < -0.4 is 10.5 Å². The molecule has 1 aromatic carbocycles. The Morgan fingerprint density at radius 2 is 2.11 bits per heavy atom. The summed E-state index contributed by atoms with van der Waals surface area (Å²) in [5.41, 5.74) is 0.206. The van der Waals surface area contributed by atoms with Gasteiger partial charge in [-0.25, -0.2) is 17.9 Å². The summed E-state index contributed by atoms with van der Waals surface area (Å²) in [7, 11) is -4.09. The van der Waals surface area contributed by atoms with Gasteiger partial charge >= 0.3 is 0 Å². The van der Waals surface area contributed by atoms with Crippen molar-refractivity contribution in [3.8, 4) is 0 Å². The molecule has 7 heteroatoms. The number of anilines is 1. The number of hydrogen-bond donors (Lipinski definition) is 2. The number of nitrogens with two attached hydrogens (primary N) is 1. The second kappa shape index (κ2) is 6.12. The monoisotopic (exact) mass is 288 g/mol. The van der Waals surface area contributed by atoms with Gasteiger partial charge in [-0.1, -0.05) is 20.3 Å². The zero-order chi connectivity index (χ0) is 14.6. The molecule has 0 spiro atoms. The summed E-state index contributed by atoms with van der Waals surface area (Å²) in [5.74, 6) is -1.40. The molecule has 1 unspecified atom stereocenters. The summed E-state index contributed by atoms with van der Waals surface area (Å²) in [6, 6.07) is 3.28. The molecule has 1 amide bonds. The van der Waals surface area contributed by atoms with Crippen LogP contribution >= 0.6 is 0 Å². The highest BCUT2D eigenvalue weighted by molar-refractivity contribution is 7.89. The van der Waals surface area contributed by atoms with Crippen molar-refractivity contribution in [2.45, 2.75) is 31.6 Å². The van der Waals surface area contributed by atoms with Gasteiger partial charge in [0.25, 0.3) is 0 Å². The van der Waals surface area contributed by atoms with Crippen LogP contribution in [0.3, 0.4) is 0 Å². The number of halogens is 1. The molecule has 106 valence electrons. The van der Waals surface area contributed by atoms with Crippen LogP contribution in [0.1, 0.15) is 26.7 Å². The smallest absolute Gasteiger partial charge is 0.240 e. The van der Waals surface area contributed by atoms with Crippen molar-refractivity contribution in [1.29, 1.82) is 0 Å². The lowest BCUT2D eigenvalue weighted by atomic mass is 10.1. The van der Waals surface area contributed by atoms with E-state index in [9.17, 15) is 17.6 Å². The molecule has 0 radical (unpaired) electrons. The second-order valence-electron chi connectivity index (χ2n) is 4.37. The number of primary sulfonamides is 1. The third-order valence-corrected chi connectivity index (χ3v) is 3.62. The van der Waals surface area contributed by atoms with E-state index in [1.165, 1.54) is 6.07 Å². The fourth-order valence-corrected chi connectivity index (χ4v) is 2.23. The first-order valence-corrected chi connectivity index (χ1v) is 7.43. The minimum atomic E-state index is -4.09. The second-order valence-corrected chi connectivity index (χ2v) is 5.90. The maximum atomic E-state index is 13.5. The van der Waals surface area contributed by atoms with Gasteiger partial charge < -0.3 is 5.32 Å². The van der Waals surface area contributed by atoms with E-state index in [-0.39, 0.29) is 17.5 Å². The highest BCUT2D eigenvalue weighted by Gasteiger charge is 2.16. The van der Waals surface area contributed by atoms with Crippen molar-refractivity contribution in [3.05, 3.63) is 24.0 Å². The summed E-state index contributed by atoms with van der Waals surface area (Å²) >= 11 is 0. The molecule has 1 rings (SSSR count). The third kappa shape index (κ3) is 4.29. The summed E-state index contributed by atoms with van der Waals surface area (Å²) in [6.45, 7) is 3.73. The van der Waals surface area contributed by atoms with E-state index < -0.39 is 20.7 Å². The molecule has 0 fully saturated rings. The minimum Gasteiger partial charge on any atom is -0.326 e. The Bertz CT molecular complexity index is 572. The molecule has 3 N–H and O–H groups in total. The van der Waals surface area contributed by atoms with Crippen LogP contribution in [0.4, 0.5) is 10.1 Å². The quantitative estimate of drug-likeness (QED) is 0.866. The molecule has 0 aromatic heterocycles. The molecular weight excluding hydrogens is 271 g/mol. The Kier molecular flexibility index (Phi) is 5.02. The lowest BCUT2D eigenvalue weighted by molar-refractivity contribution is -0.119. The maximum absolute atomic E-state index is 13.5. The standard InChI is InChI=1S/C12H17FN2O3S/c1-3-4-8(2)12(16)15-9-5-6-11(10(13)7-9)19(14,17)18/h5-8H,3-4H2,1-2H3,(H,15,16)(H2,14,17,18). The predicted molar refractivity (Wildman–Crippen MR) is 70.5 cm³/mol. The first-order chi connectivity index (χ1) is 8.75. The van der Waals surface area contributed by atoms with E-state index in [0.717, 1.165) is 25.0 Å². The van der Waals surface area contributed by atoms with Crippen molar-refractivity contribution >= 4 is 21.6 Å². The van der Waals surface area contributed by atoms with E-state index in [2.05, 4.69) is 5.32 Å². The van der Waals surface area contributed by atoms with Gasteiger partial charge in [-0.15, -0.1) is 0 Å². The van der Waals surface area contributed by atoms with E-state index in [1.807, 2.05) is 6.92 Å². The fraction of sp³-hybridized carbons (Fsp3) is 0.417. The molecule has 0 saturated heterocycles. The normalized spacial score (nSPS) is 13.1. The Balaban J connectivity index is 2.88. The summed E-state index contributed by atoms with van der Waals surface area (Å²) in [5, 5.41) is 7.37. The first-order valence-electron chi connectivity index (χ1n) is 5.89. The molecule has 0 heterocycles. The van der Waals surface area contributed by atoms with E-state index in [1.54, 1.807) is 6.92 Å². The number of sulfonamides is 1. The topological polar surface area (TPSA) is 89.3 Å². The van der Waals surface area contributed by atoms with Gasteiger partial charge in [0.2, 0.25) is 15.9 Å². The molecule has 19 heavy (non-hydrogen) atoms. The molecular formula is C12H17FN2O3S. The van der Waals surface area contributed by atoms with E-state index in [4.69, 9.17) is 5.14 Å². The lowest BCUT2D eigenvalue weighted by Gasteiger charge is -2.11. The van der Waals surface area contributed by atoms with Gasteiger partial charge in [-0.3, -0.25) is 4.79 Å². The number of nitrogens with one attached hydrogen (secondary N) is 1. The average molecular weight is 288 g/mol.